The highest BCUT2D eigenvalue weighted by Gasteiger charge is 2.33. The van der Waals surface area contributed by atoms with E-state index in [-0.39, 0.29) is 22.6 Å². The van der Waals surface area contributed by atoms with Crippen molar-refractivity contribution in [3.63, 3.8) is 0 Å². The number of nitrogens with zero attached hydrogens (tertiary/aromatic N) is 2. The van der Waals surface area contributed by atoms with Gasteiger partial charge in [-0.2, -0.15) is 30.0 Å². The molecule has 0 spiro atoms. The Kier molecular flexibility index (Phi) is 13.9. The first-order valence-corrected chi connectivity index (χ1v) is 17.2. The number of carbonyl (C=O) groups excluding carboxylic acids is 3. The summed E-state index contributed by atoms with van der Waals surface area (Å²) in [5.74, 6) is 0.436. The van der Waals surface area contributed by atoms with Crippen molar-refractivity contribution in [2.75, 3.05) is 42.8 Å². The van der Waals surface area contributed by atoms with Crippen LogP contribution in [-0.2, 0) is 21.5 Å². The van der Waals surface area contributed by atoms with E-state index in [4.69, 9.17) is 16.3 Å². The summed E-state index contributed by atoms with van der Waals surface area (Å²) in [4.78, 5) is 40.9. The number of amides is 2. The van der Waals surface area contributed by atoms with Gasteiger partial charge in [-0.15, -0.1) is 0 Å². The quantitative estimate of drug-likeness (QED) is 0.0947. The van der Waals surface area contributed by atoms with Gasteiger partial charge in [-0.1, -0.05) is 29.8 Å². The van der Waals surface area contributed by atoms with Crippen LogP contribution in [-0.4, -0.2) is 56.4 Å². The van der Waals surface area contributed by atoms with E-state index in [1.54, 1.807) is 49.2 Å². The molecule has 4 rings (SSSR count). The van der Waals surface area contributed by atoms with Crippen LogP contribution in [0.2, 0.25) is 5.02 Å². The van der Waals surface area contributed by atoms with E-state index in [0.717, 1.165) is 62.0 Å². The fourth-order valence-corrected chi connectivity index (χ4v) is 6.31. The van der Waals surface area contributed by atoms with Crippen LogP contribution < -0.4 is 15.6 Å². The van der Waals surface area contributed by atoms with E-state index in [2.05, 4.69) is 20.7 Å². The smallest absolute Gasteiger partial charge is 0.385 e. The van der Waals surface area contributed by atoms with Crippen LogP contribution in [0.25, 0.3) is 0 Å². The highest BCUT2D eigenvalue weighted by atomic mass is 35.5. The van der Waals surface area contributed by atoms with E-state index >= 15 is 0 Å². The zero-order chi connectivity index (χ0) is 34.5. The number of hydrazone groups is 1. The number of ether oxygens (including phenoxy) is 1. The number of thioether (sulfide) groups is 1. The predicted octanol–water partition coefficient (Wildman–Crippen LogP) is 7.98. The number of hydrogen-bond acceptors (Lipinski definition) is 7. The minimum atomic E-state index is -4.64. The fourth-order valence-electron chi connectivity index (χ4n) is 5.16. The van der Waals surface area contributed by atoms with Crippen LogP contribution in [0.15, 0.2) is 65.8 Å². The fraction of sp³-hybridized carbons (Fsp3) is 0.371. The molecule has 3 aromatic carbocycles. The molecule has 1 fully saturated rings. The van der Waals surface area contributed by atoms with Crippen LogP contribution >= 0.6 is 23.4 Å². The number of Topliss-reactive ketones (excluding diaryl/α,β-unsaturated/α-hetero) is 1. The van der Waals surface area contributed by atoms with E-state index in [9.17, 15) is 27.6 Å². The Morgan fingerprint density at radius 3 is 2.54 bits per heavy atom. The van der Waals surface area contributed by atoms with Crippen molar-refractivity contribution < 1.29 is 32.3 Å². The number of nitrogens with one attached hydrogen (secondary N) is 2. The predicted molar refractivity (Wildman–Crippen MR) is 185 cm³/mol. The SMILES string of the molecule is COCCCC(=O)CCSCc1cccc(C(=O)Nc2ccc(N3CCCCC3)cc2C(=O)N/N=C/c2ccc(Cl)c(C(F)(F)F)c2)c1. The average molecular weight is 703 g/mol. The summed E-state index contributed by atoms with van der Waals surface area (Å²) in [6, 6.07) is 15.6. The van der Waals surface area contributed by atoms with Crippen molar-refractivity contribution in [1.29, 1.82) is 0 Å². The summed E-state index contributed by atoms with van der Waals surface area (Å²) in [6.07, 6.45) is 1.30. The molecule has 0 atom stereocenters. The molecule has 13 heteroatoms. The molecule has 256 valence electrons. The van der Waals surface area contributed by atoms with Gasteiger partial charge in [0.05, 0.1) is 28.1 Å². The molecule has 0 radical (unpaired) electrons. The minimum Gasteiger partial charge on any atom is -0.385 e. The van der Waals surface area contributed by atoms with Crippen LogP contribution in [0.3, 0.4) is 0 Å². The van der Waals surface area contributed by atoms with Gasteiger partial charge in [0.25, 0.3) is 11.8 Å². The Labute approximate surface area is 287 Å². The first-order valence-electron chi connectivity index (χ1n) is 15.6. The lowest BCUT2D eigenvalue weighted by Crippen LogP contribution is -2.30. The van der Waals surface area contributed by atoms with Gasteiger partial charge in [-0.05, 0) is 79.3 Å². The number of benzene rings is 3. The van der Waals surface area contributed by atoms with E-state index in [1.165, 1.54) is 6.07 Å². The van der Waals surface area contributed by atoms with Gasteiger partial charge in [0.15, 0.2) is 0 Å². The normalized spacial score (nSPS) is 13.5. The molecular weight excluding hydrogens is 665 g/mol. The molecule has 0 aliphatic carbocycles. The van der Waals surface area contributed by atoms with Crippen molar-refractivity contribution in [1.82, 2.24) is 5.43 Å². The monoisotopic (exact) mass is 702 g/mol. The van der Waals surface area contributed by atoms with Gasteiger partial charge in [0.1, 0.15) is 5.78 Å². The van der Waals surface area contributed by atoms with E-state index in [1.807, 2.05) is 12.1 Å². The van der Waals surface area contributed by atoms with Gasteiger partial charge in [-0.25, -0.2) is 5.43 Å². The number of anilines is 2. The lowest BCUT2D eigenvalue weighted by Gasteiger charge is -2.29. The summed E-state index contributed by atoms with van der Waals surface area (Å²) in [6.45, 7) is 2.22. The van der Waals surface area contributed by atoms with Gasteiger partial charge in [0.2, 0.25) is 0 Å². The van der Waals surface area contributed by atoms with E-state index < -0.39 is 28.6 Å². The number of rotatable bonds is 15. The Balaban J connectivity index is 1.45. The number of piperidine rings is 1. The molecule has 48 heavy (non-hydrogen) atoms. The second-order valence-electron chi connectivity index (χ2n) is 11.3. The molecule has 1 aliphatic rings. The topological polar surface area (TPSA) is 100 Å². The maximum atomic E-state index is 13.4. The number of hydrogen-bond donors (Lipinski definition) is 2. The molecule has 8 nitrogen and oxygen atoms in total. The number of methoxy groups -OCH3 is 1. The lowest BCUT2D eigenvalue weighted by molar-refractivity contribution is -0.137. The van der Waals surface area contributed by atoms with Crippen molar-refractivity contribution in [2.45, 2.75) is 50.5 Å². The summed E-state index contributed by atoms with van der Waals surface area (Å²) in [5, 5.41) is 6.28. The zero-order valence-electron chi connectivity index (χ0n) is 26.6. The summed E-state index contributed by atoms with van der Waals surface area (Å²) >= 11 is 7.32. The summed E-state index contributed by atoms with van der Waals surface area (Å²) in [7, 11) is 1.61. The largest absolute Gasteiger partial charge is 0.417 e. The summed E-state index contributed by atoms with van der Waals surface area (Å²) < 4.78 is 44.8. The maximum absolute atomic E-state index is 13.4. The van der Waals surface area contributed by atoms with Gasteiger partial charge in [-0.3, -0.25) is 14.4 Å². The third-order valence-corrected chi connectivity index (χ3v) is 9.04. The molecule has 0 unspecified atom stereocenters. The third-order valence-electron chi connectivity index (χ3n) is 7.68. The van der Waals surface area contributed by atoms with Gasteiger partial charge >= 0.3 is 6.18 Å². The maximum Gasteiger partial charge on any atom is 0.417 e. The lowest BCUT2D eigenvalue weighted by atomic mass is 10.1. The number of halogens is 4. The molecule has 2 N–H and O–H groups in total. The molecule has 1 aliphatic heterocycles. The second kappa shape index (κ2) is 18.0. The van der Waals surface area contributed by atoms with Crippen molar-refractivity contribution in [2.24, 2.45) is 5.10 Å². The second-order valence-corrected chi connectivity index (χ2v) is 12.8. The Hall–Kier alpha value is -3.87. The Bertz CT molecular complexity index is 1610. The third kappa shape index (κ3) is 11.1. The first-order chi connectivity index (χ1) is 23.0. The zero-order valence-corrected chi connectivity index (χ0v) is 28.1. The highest BCUT2D eigenvalue weighted by molar-refractivity contribution is 7.98. The van der Waals surface area contributed by atoms with Crippen LogP contribution in [0.1, 0.15) is 75.9 Å². The molecular formula is C35H38ClF3N4O4S. The number of alkyl halides is 3. The standard InChI is InChI=1S/C35H38ClF3N4O4S/c1-47-17-6-9-28(44)14-18-48-23-25-7-5-8-26(19-25)33(45)41-32-13-11-27(43-15-3-2-4-16-43)21-29(32)34(46)42-40-22-24-10-12-31(36)30(20-24)35(37,38)39/h5,7-8,10-13,19-22H,2-4,6,9,14-18,23H2,1H3,(H,41,45)(H,42,46)/b40-22+. The Morgan fingerprint density at radius 2 is 1.79 bits per heavy atom. The van der Waals surface area contributed by atoms with Crippen LogP contribution in [0.4, 0.5) is 24.5 Å². The average Bonchev–Trinajstić information content (AvgIpc) is 3.07. The molecule has 0 aromatic heterocycles. The molecule has 1 heterocycles. The molecule has 1 saturated heterocycles. The van der Waals surface area contributed by atoms with Crippen molar-refractivity contribution in [3.05, 3.63) is 93.5 Å². The number of carbonyl (C=O) groups is 3. The Morgan fingerprint density at radius 1 is 1.00 bits per heavy atom. The molecule has 2 amide bonds. The minimum absolute atomic E-state index is 0.0920. The van der Waals surface area contributed by atoms with E-state index in [0.29, 0.717) is 42.9 Å². The first kappa shape index (κ1) is 37.0. The van der Waals surface area contributed by atoms with Crippen molar-refractivity contribution in [3.8, 4) is 0 Å². The molecule has 0 saturated carbocycles. The molecule has 0 bridgehead atoms. The van der Waals surface area contributed by atoms with Gasteiger partial charge in [0, 0.05) is 62.4 Å². The van der Waals surface area contributed by atoms with Crippen molar-refractivity contribution >= 4 is 58.5 Å². The van der Waals surface area contributed by atoms with Crippen LogP contribution in [0, 0.1) is 0 Å². The molecule has 3 aromatic rings. The summed E-state index contributed by atoms with van der Waals surface area (Å²) in [5.41, 5.74) is 4.00. The highest BCUT2D eigenvalue weighted by Crippen LogP contribution is 2.35. The van der Waals surface area contributed by atoms with Crippen LogP contribution in [0.5, 0.6) is 0 Å². The van der Waals surface area contributed by atoms with Gasteiger partial charge < -0.3 is 15.0 Å². The number of ketones is 1.